The summed E-state index contributed by atoms with van der Waals surface area (Å²) in [6, 6.07) is 7.44. The van der Waals surface area contributed by atoms with Crippen molar-refractivity contribution < 1.29 is 19.1 Å². The van der Waals surface area contributed by atoms with Gasteiger partial charge in [0.1, 0.15) is 0 Å². The number of carbonyl (C=O) groups is 2. The fourth-order valence-electron chi connectivity index (χ4n) is 2.76. The molecule has 0 spiro atoms. The lowest BCUT2D eigenvalue weighted by Gasteiger charge is -2.21. The molecule has 5 nitrogen and oxygen atoms in total. The molecule has 1 aromatic rings. The highest BCUT2D eigenvalue weighted by Crippen LogP contribution is 2.14. The van der Waals surface area contributed by atoms with Crippen LogP contribution in [0.4, 0.5) is 0 Å². The number of aryl methyl sites for hydroxylation is 1. The zero-order valence-electron chi connectivity index (χ0n) is 15.1. The average molecular weight is 347 g/mol. The molecule has 1 aliphatic heterocycles. The number of nitrogens with one attached hydrogen (secondary N) is 1. The highest BCUT2D eigenvalue weighted by molar-refractivity contribution is 5.97. The van der Waals surface area contributed by atoms with Crippen molar-refractivity contribution in [2.45, 2.75) is 39.0 Å². The molecule has 0 aliphatic carbocycles. The second-order valence-corrected chi connectivity index (χ2v) is 6.62. The van der Waals surface area contributed by atoms with Crippen LogP contribution in [0.1, 0.15) is 48.0 Å². The highest BCUT2D eigenvalue weighted by Gasteiger charge is 2.13. The van der Waals surface area contributed by atoms with E-state index in [0.29, 0.717) is 24.6 Å². The second-order valence-electron chi connectivity index (χ2n) is 6.62. The quantitative estimate of drug-likeness (QED) is 0.522. The van der Waals surface area contributed by atoms with Gasteiger partial charge >= 0.3 is 0 Å². The third-order valence-electron chi connectivity index (χ3n) is 4.43. The minimum atomic E-state index is -0.0788. The van der Waals surface area contributed by atoms with Crippen molar-refractivity contribution in [2.24, 2.45) is 5.92 Å². The highest BCUT2D eigenvalue weighted by atomic mass is 16.5. The first-order chi connectivity index (χ1) is 12.1. The predicted octanol–water partition coefficient (Wildman–Crippen LogP) is 2.91. The Balaban J connectivity index is 1.49. The molecule has 0 bridgehead atoms. The van der Waals surface area contributed by atoms with Gasteiger partial charge in [0.2, 0.25) is 5.91 Å². The molecule has 138 valence electrons. The number of Topliss-reactive ketones (excluding diaryl/α,β-unsaturated/α-hetero) is 1. The van der Waals surface area contributed by atoms with Gasteiger partial charge in [-0.3, -0.25) is 9.59 Å². The molecule has 0 saturated carbocycles. The van der Waals surface area contributed by atoms with E-state index in [4.69, 9.17) is 9.47 Å². The van der Waals surface area contributed by atoms with Crippen molar-refractivity contribution in [1.29, 1.82) is 0 Å². The van der Waals surface area contributed by atoms with Crippen LogP contribution in [0.2, 0.25) is 0 Å². The number of rotatable bonds is 10. The van der Waals surface area contributed by atoms with Crippen molar-refractivity contribution in [3.8, 4) is 0 Å². The minimum Gasteiger partial charge on any atom is -0.381 e. The summed E-state index contributed by atoms with van der Waals surface area (Å²) < 4.78 is 11.0. The lowest BCUT2D eigenvalue weighted by Crippen LogP contribution is -2.26. The van der Waals surface area contributed by atoms with Gasteiger partial charge in [0.25, 0.3) is 0 Å². The Labute approximate surface area is 150 Å². The molecule has 25 heavy (non-hydrogen) atoms. The van der Waals surface area contributed by atoms with Crippen LogP contribution in [-0.2, 0) is 14.3 Å². The molecule has 1 heterocycles. The van der Waals surface area contributed by atoms with E-state index in [0.717, 1.165) is 44.6 Å². The normalized spacial score (nSPS) is 15.1. The van der Waals surface area contributed by atoms with E-state index in [1.165, 1.54) is 0 Å². The van der Waals surface area contributed by atoms with Crippen LogP contribution < -0.4 is 5.32 Å². The molecular weight excluding hydrogens is 318 g/mol. The molecule has 1 aromatic carbocycles. The Morgan fingerprint density at radius 1 is 1.16 bits per heavy atom. The van der Waals surface area contributed by atoms with E-state index in [1.807, 2.05) is 31.2 Å². The van der Waals surface area contributed by atoms with E-state index < -0.39 is 0 Å². The lowest BCUT2D eigenvalue weighted by molar-refractivity contribution is -0.121. The van der Waals surface area contributed by atoms with Crippen LogP contribution in [0.15, 0.2) is 24.3 Å². The summed E-state index contributed by atoms with van der Waals surface area (Å²) >= 11 is 0. The van der Waals surface area contributed by atoms with Gasteiger partial charge in [-0.2, -0.15) is 0 Å². The molecule has 1 aliphatic rings. The number of ether oxygens (including phenoxy) is 2. The molecule has 1 N–H and O–H groups in total. The van der Waals surface area contributed by atoms with Crippen molar-refractivity contribution in [2.75, 3.05) is 33.0 Å². The first-order valence-corrected chi connectivity index (χ1v) is 9.17. The SMILES string of the molecule is Cc1ccc(C(=O)CCC(=O)NCCCOCC2CCOCC2)cc1. The largest absolute Gasteiger partial charge is 0.381 e. The molecule has 0 aromatic heterocycles. The molecular formula is C20H29NO4. The molecule has 1 fully saturated rings. The van der Waals surface area contributed by atoms with Crippen molar-refractivity contribution in [1.82, 2.24) is 5.32 Å². The van der Waals surface area contributed by atoms with Crippen LogP contribution in [0.5, 0.6) is 0 Å². The Morgan fingerprint density at radius 2 is 1.88 bits per heavy atom. The zero-order valence-corrected chi connectivity index (χ0v) is 15.1. The van der Waals surface area contributed by atoms with Gasteiger partial charge in [0.05, 0.1) is 0 Å². The molecule has 1 amide bonds. The molecule has 0 atom stereocenters. The molecule has 2 rings (SSSR count). The number of hydrogen-bond acceptors (Lipinski definition) is 4. The van der Waals surface area contributed by atoms with E-state index >= 15 is 0 Å². The standard InChI is InChI=1S/C20H29NO4/c1-16-3-5-18(6-4-16)19(22)7-8-20(23)21-11-2-12-25-15-17-9-13-24-14-10-17/h3-6,17H,2,7-15H2,1H3,(H,21,23). The van der Waals surface area contributed by atoms with Crippen LogP contribution in [0.25, 0.3) is 0 Å². The number of ketones is 1. The van der Waals surface area contributed by atoms with Crippen LogP contribution in [0, 0.1) is 12.8 Å². The zero-order chi connectivity index (χ0) is 17.9. The minimum absolute atomic E-state index is 0.00921. The van der Waals surface area contributed by atoms with E-state index in [2.05, 4.69) is 5.32 Å². The summed E-state index contributed by atoms with van der Waals surface area (Å²) in [4.78, 5) is 23.8. The summed E-state index contributed by atoms with van der Waals surface area (Å²) in [6.45, 7) is 5.68. The maximum Gasteiger partial charge on any atom is 0.220 e. The predicted molar refractivity (Wildman–Crippen MR) is 96.7 cm³/mol. The topological polar surface area (TPSA) is 64.6 Å². The van der Waals surface area contributed by atoms with E-state index in [-0.39, 0.29) is 24.5 Å². The van der Waals surface area contributed by atoms with Gasteiger partial charge in [0.15, 0.2) is 5.78 Å². The van der Waals surface area contributed by atoms with E-state index in [1.54, 1.807) is 0 Å². The first kappa shape index (κ1) is 19.6. The summed E-state index contributed by atoms with van der Waals surface area (Å²) in [5, 5.41) is 2.85. The Bertz CT molecular complexity index is 535. The van der Waals surface area contributed by atoms with Gasteiger partial charge in [-0.05, 0) is 32.1 Å². The maximum atomic E-state index is 12.0. The third kappa shape index (κ3) is 7.80. The van der Waals surface area contributed by atoms with Crippen molar-refractivity contribution in [3.63, 3.8) is 0 Å². The Morgan fingerprint density at radius 3 is 2.60 bits per heavy atom. The molecule has 5 heteroatoms. The fourth-order valence-corrected chi connectivity index (χ4v) is 2.76. The maximum absolute atomic E-state index is 12.0. The summed E-state index contributed by atoms with van der Waals surface area (Å²) in [7, 11) is 0. The third-order valence-corrected chi connectivity index (χ3v) is 4.43. The monoisotopic (exact) mass is 347 g/mol. The number of carbonyl (C=O) groups excluding carboxylic acids is 2. The fraction of sp³-hybridized carbons (Fsp3) is 0.600. The van der Waals surface area contributed by atoms with Crippen LogP contribution >= 0.6 is 0 Å². The summed E-state index contributed by atoms with van der Waals surface area (Å²) in [5.41, 5.74) is 1.79. The second kappa shape index (κ2) is 11.0. The van der Waals surface area contributed by atoms with Crippen LogP contribution in [0.3, 0.4) is 0 Å². The van der Waals surface area contributed by atoms with Gasteiger partial charge in [-0.15, -0.1) is 0 Å². The number of benzene rings is 1. The van der Waals surface area contributed by atoms with Gasteiger partial charge < -0.3 is 14.8 Å². The van der Waals surface area contributed by atoms with Gasteiger partial charge in [0, 0.05) is 51.4 Å². The van der Waals surface area contributed by atoms with Crippen molar-refractivity contribution >= 4 is 11.7 Å². The Kier molecular flexibility index (Phi) is 8.63. The van der Waals surface area contributed by atoms with Crippen molar-refractivity contribution in [3.05, 3.63) is 35.4 Å². The number of hydrogen-bond donors (Lipinski definition) is 1. The molecule has 0 radical (unpaired) electrons. The summed E-state index contributed by atoms with van der Waals surface area (Å²) in [5.74, 6) is 0.538. The molecule has 0 unspecified atom stereocenters. The van der Waals surface area contributed by atoms with Crippen LogP contribution in [-0.4, -0.2) is 44.7 Å². The number of amides is 1. The van der Waals surface area contributed by atoms with Gasteiger partial charge in [-0.25, -0.2) is 0 Å². The lowest BCUT2D eigenvalue weighted by atomic mass is 10.0. The average Bonchev–Trinajstić information content (AvgIpc) is 2.64. The van der Waals surface area contributed by atoms with Gasteiger partial charge in [-0.1, -0.05) is 29.8 Å². The summed E-state index contributed by atoms with van der Waals surface area (Å²) in [6.07, 6.45) is 3.42. The smallest absolute Gasteiger partial charge is 0.220 e. The molecule has 1 saturated heterocycles. The Hall–Kier alpha value is -1.72. The first-order valence-electron chi connectivity index (χ1n) is 9.17. The van der Waals surface area contributed by atoms with E-state index in [9.17, 15) is 9.59 Å².